The maximum atomic E-state index is 12.0. The first-order chi connectivity index (χ1) is 7.27. The van der Waals surface area contributed by atoms with Gasteiger partial charge in [0, 0.05) is 32.4 Å². The molecule has 0 saturated carbocycles. The van der Waals surface area contributed by atoms with Gasteiger partial charge in [-0.25, -0.2) is 0 Å². The minimum atomic E-state index is 0.0737. The van der Waals surface area contributed by atoms with Crippen LogP contribution in [0.1, 0.15) is 10.4 Å². The van der Waals surface area contributed by atoms with E-state index in [0.29, 0.717) is 5.56 Å². The number of hydrogen-bond acceptors (Lipinski definition) is 3. The minimum Gasteiger partial charge on any atom is -0.336 e. The average Bonchev–Trinajstić information content (AvgIpc) is 2.30. The molecule has 2 rings (SSSR count). The van der Waals surface area contributed by atoms with Gasteiger partial charge in [-0.1, -0.05) is 0 Å². The van der Waals surface area contributed by atoms with Crippen LogP contribution in [0.4, 0.5) is 0 Å². The van der Waals surface area contributed by atoms with Gasteiger partial charge >= 0.3 is 0 Å². The Kier molecular flexibility index (Phi) is 2.97. The summed E-state index contributed by atoms with van der Waals surface area (Å²) in [6, 6.07) is 3.43. The highest BCUT2D eigenvalue weighted by Crippen LogP contribution is 2.06. The van der Waals surface area contributed by atoms with Crippen molar-refractivity contribution in [1.29, 1.82) is 0 Å². The number of aromatic nitrogens is 1. The van der Waals surface area contributed by atoms with E-state index in [0.717, 1.165) is 26.2 Å². The van der Waals surface area contributed by atoms with Gasteiger partial charge in [-0.3, -0.25) is 9.78 Å². The van der Waals surface area contributed by atoms with Crippen LogP contribution in [-0.4, -0.2) is 53.9 Å². The van der Waals surface area contributed by atoms with E-state index in [4.69, 9.17) is 0 Å². The third-order valence-electron chi connectivity index (χ3n) is 2.65. The molecule has 1 amide bonds. The van der Waals surface area contributed by atoms with Crippen molar-refractivity contribution in [3.8, 4) is 0 Å². The SMILES string of the molecule is CN1CCN(C(=O)c2cc[c]nc2)CC1. The van der Waals surface area contributed by atoms with Gasteiger partial charge in [-0.15, -0.1) is 0 Å². The molecule has 0 bridgehead atoms. The largest absolute Gasteiger partial charge is 0.336 e. The Labute approximate surface area is 89.5 Å². The van der Waals surface area contributed by atoms with Crippen LogP contribution in [-0.2, 0) is 0 Å². The zero-order valence-electron chi connectivity index (χ0n) is 8.81. The van der Waals surface area contributed by atoms with Crippen molar-refractivity contribution >= 4 is 5.91 Å². The second-order valence-electron chi connectivity index (χ2n) is 3.77. The van der Waals surface area contributed by atoms with Crippen molar-refractivity contribution in [3.05, 3.63) is 30.1 Å². The predicted molar refractivity (Wildman–Crippen MR) is 56.5 cm³/mol. The Morgan fingerprint density at radius 2 is 2.13 bits per heavy atom. The normalized spacial score (nSPS) is 17.8. The highest BCUT2D eigenvalue weighted by molar-refractivity contribution is 5.93. The van der Waals surface area contributed by atoms with Gasteiger partial charge in [-0.05, 0) is 19.2 Å². The molecule has 15 heavy (non-hydrogen) atoms. The molecule has 0 unspecified atom stereocenters. The maximum Gasteiger partial charge on any atom is 0.255 e. The van der Waals surface area contributed by atoms with Crippen LogP contribution in [0.2, 0.25) is 0 Å². The van der Waals surface area contributed by atoms with E-state index in [-0.39, 0.29) is 5.91 Å². The molecule has 1 saturated heterocycles. The average molecular weight is 204 g/mol. The third-order valence-corrected chi connectivity index (χ3v) is 2.65. The third kappa shape index (κ3) is 2.33. The summed E-state index contributed by atoms with van der Waals surface area (Å²) in [5, 5.41) is 0. The van der Waals surface area contributed by atoms with Gasteiger partial charge in [0.05, 0.1) is 11.8 Å². The number of carbonyl (C=O) groups is 1. The van der Waals surface area contributed by atoms with Crippen molar-refractivity contribution < 1.29 is 4.79 Å². The summed E-state index contributed by atoms with van der Waals surface area (Å²) in [5.74, 6) is 0.0737. The Morgan fingerprint density at radius 1 is 1.40 bits per heavy atom. The molecule has 0 N–H and O–H groups in total. The van der Waals surface area contributed by atoms with Gasteiger partial charge in [0.15, 0.2) is 0 Å². The highest BCUT2D eigenvalue weighted by Gasteiger charge is 2.19. The summed E-state index contributed by atoms with van der Waals surface area (Å²) in [6.07, 6.45) is 4.24. The maximum absolute atomic E-state index is 12.0. The number of likely N-dealkylation sites (N-methyl/N-ethyl adjacent to an activating group) is 1. The molecule has 0 spiro atoms. The standard InChI is InChI=1S/C11H14N3O/c1-13-5-7-14(8-6-13)11(15)10-3-2-4-12-9-10/h2-3,9H,5-8H2,1H3. The van der Waals surface area contributed by atoms with E-state index in [9.17, 15) is 4.79 Å². The van der Waals surface area contributed by atoms with Gasteiger partial charge in [0.2, 0.25) is 0 Å². The molecule has 0 aromatic carbocycles. The van der Waals surface area contributed by atoms with Crippen molar-refractivity contribution in [2.45, 2.75) is 0 Å². The van der Waals surface area contributed by atoms with Crippen LogP contribution >= 0.6 is 0 Å². The van der Waals surface area contributed by atoms with E-state index in [1.54, 1.807) is 18.3 Å². The zero-order valence-corrected chi connectivity index (χ0v) is 8.81. The molecule has 4 heteroatoms. The van der Waals surface area contributed by atoms with Crippen LogP contribution in [0.15, 0.2) is 18.3 Å². The Hall–Kier alpha value is -1.42. The van der Waals surface area contributed by atoms with Crippen molar-refractivity contribution in [1.82, 2.24) is 14.8 Å². The fraction of sp³-hybridized carbons (Fsp3) is 0.455. The summed E-state index contributed by atoms with van der Waals surface area (Å²) in [6.45, 7) is 3.48. The van der Waals surface area contributed by atoms with E-state index in [1.165, 1.54) is 0 Å². The first-order valence-electron chi connectivity index (χ1n) is 5.07. The first-order valence-corrected chi connectivity index (χ1v) is 5.07. The molecular weight excluding hydrogens is 190 g/mol. The quantitative estimate of drug-likeness (QED) is 0.659. The predicted octanol–water partition coefficient (Wildman–Crippen LogP) is 0.269. The molecular formula is C11H14N3O. The summed E-state index contributed by atoms with van der Waals surface area (Å²) in [7, 11) is 2.07. The van der Waals surface area contributed by atoms with E-state index < -0.39 is 0 Å². The Balaban J connectivity index is 2.03. The van der Waals surface area contributed by atoms with Gasteiger partial charge in [0.25, 0.3) is 5.91 Å². The molecule has 1 aliphatic heterocycles. The number of pyridine rings is 1. The fourth-order valence-electron chi connectivity index (χ4n) is 1.64. The molecule has 0 aliphatic carbocycles. The second kappa shape index (κ2) is 4.40. The van der Waals surface area contributed by atoms with Crippen molar-refractivity contribution in [2.24, 2.45) is 0 Å². The zero-order chi connectivity index (χ0) is 10.7. The van der Waals surface area contributed by atoms with Crippen LogP contribution < -0.4 is 0 Å². The van der Waals surface area contributed by atoms with Crippen LogP contribution in [0.5, 0.6) is 0 Å². The van der Waals surface area contributed by atoms with Crippen molar-refractivity contribution in [3.63, 3.8) is 0 Å². The summed E-state index contributed by atoms with van der Waals surface area (Å²) in [5.41, 5.74) is 0.651. The monoisotopic (exact) mass is 204 g/mol. The number of rotatable bonds is 1. The number of hydrogen-bond donors (Lipinski definition) is 0. The van der Waals surface area contributed by atoms with E-state index >= 15 is 0 Å². The van der Waals surface area contributed by atoms with Crippen LogP contribution in [0, 0.1) is 6.20 Å². The molecule has 2 heterocycles. The second-order valence-corrected chi connectivity index (χ2v) is 3.77. The smallest absolute Gasteiger partial charge is 0.255 e. The topological polar surface area (TPSA) is 36.4 Å². The molecule has 1 aliphatic rings. The highest BCUT2D eigenvalue weighted by atomic mass is 16.2. The molecule has 1 aromatic heterocycles. The summed E-state index contributed by atoms with van der Waals surface area (Å²) in [4.78, 5) is 19.9. The van der Waals surface area contributed by atoms with E-state index in [1.807, 2.05) is 4.90 Å². The lowest BCUT2D eigenvalue weighted by Crippen LogP contribution is -2.47. The molecule has 0 atom stereocenters. The lowest BCUT2D eigenvalue weighted by Gasteiger charge is -2.32. The Morgan fingerprint density at radius 3 is 2.73 bits per heavy atom. The molecule has 1 aromatic rings. The van der Waals surface area contributed by atoms with Gasteiger partial charge < -0.3 is 9.80 Å². The van der Waals surface area contributed by atoms with Gasteiger partial charge in [0.1, 0.15) is 0 Å². The van der Waals surface area contributed by atoms with Gasteiger partial charge in [-0.2, -0.15) is 0 Å². The number of carbonyl (C=O) groups excluding carboxylic acids is 1. The molecule has 1 radical (unpaired) electrons. The number of piperazine rings is 1. The van der Waals surface area contributed by atoms with E-state index in [2.05, 4.69) is 23.1 Å². The lowest BCUT2D eigenvalue weighted by atomic mass is 10.2. The summed E-state index contributed by atoms with van der Waals surface area (Å²) < 4.78 is 0. The number of amides is 1. The first kappa shape index (κ1) is 10.1. The molecule has 4 nitrogen and oxygen atoms in total. The van der Waals surface area contributed by atoms with Crippen molar-refractivity contribution in [2.75, 3.05) is 33.2 Å². The van der Waals surface area contributed by atoms with Crippen LogP contribution in [0.25, 0.3) is 0 Å². The Bertz CT molecular complexity index is 331. The minimum absolute atomic E-state index is 0.0737. The summed E-state index contributed by atoms with van der Waals surface area (Å²) >= 11 is 0. The van der Waals surface area contributed by atoms with Crippen LogP contribution in [0.3, 0.4) is 0 Å². The lowest BCUT2D eigenvalue weighted by molar-refractivity contribution is 0.0663. The molecule has 1 fully saturated rings. The molecule has 79 valence electrons. The fourth-order valence-corrected chi connectivity index (χ4v) is 1.64. The number of nitrogens with zero attached hydrogens (tertiary/aromatic N) is 3.